The van der Waals surface area contributed by atoms with Gasteiger partial charge in [0.05, 0.1) is 0 Å². The fourth-order valence-corrected chi connectivity index (χ4v) is 1.10. The number of nitrogens with one attached hydrogen (secondary N) is 1. The highest BCUT2D eigenvalue weighted by Gasteiger charge is 2.07. The third-order valence-electron chi connectivity index (χ3n) is 1.81. The summed E-state index contributed by atoms with van der Waals surface area (Å²) in [6.45, 7) is 0. The van der Waals surface area contributed by atoms with Gasteiger partial charge in [0.25, 0.3) is 5.91 Å². The van der Waals surface area contributed by atoms with Crippen molar-refractivity contribution in [2.45, 2.75) is 0 Å². The molecule has 0 aromatic heterocycles. The van der Waals surface area contributed by atoms with Crippen LogP contribution in [-0.2, 0) is 0 Å². The van der Waals surface area contributed by atoms with Crippen LogP contribution in [0.15, 0.2) is 24.3 Å². The average Bonchev–Trinajstić information content (AvgIpc) is 2.17. The molecule has 0 saturated carbocycles. The van der Waals surface area contributed by atoms with Crippen LogP contribution in [0.25, 0.3) is 0 Å². The summed E-state index contributed by atoms with van der Waals surface area (Å²) in [6.07, 6.45) is 0. The fraction of sp³-hybridized carbons (Fsp3) is 0.200. The molecule has 0 unspecified atom stereocenters. The Morgan fingerprint density at radius 2 is 1.73 bits per heavy atom. The first-order valence-corrected chi connectivity index (χ1v) is 4.39. The van der Waals surface area contributed by atoms with Gasteiger partial charge in [-0.15, -0.1) is 0 Å². The fourth-order valence-electron chi connectivity index (χ4n) is 1.10. The third-order valence-corrected chi connectivity index (χ3v) is 1.81. The normalized spacial score (nSPS) is 9.47. The molecule has 0 bridgehead atoms. The third kappa shape index (κ3) is 2.98. The van der Waals surface area contributed by atoms with Crippen molar-refractivity contribution in [2.24, 2.45) is 5.73 Å². The van der Waals surface area contributed by atoms with E-state index in [4.69, 9.17) is 5.73 Å². The average molecular weight is 207 g/mol. The number of urea groups is 1. The van der Waals surface area contributed by atoms with E-state index in [1.807, 2.05) is 0 Å². The van der Waals surface area contributed by atoms with E-state index in [0.717, 1.165) is 0 Å². The van der Waals surface area contributed by atoms with Gasteiger partial charge in [0, 0.05) is 25.3 Å². The predicted molar refractivity (Wildman–Crippen MR) is 57.7 cm³/mol. The van der Waals surface area contributed by atoms with Crippen LogP contribution in [0.1, 0.15) is 10.4 Å². The number of primary amides is 1. The second-order valence-corrected chi connectivity index (χ2v) is 3.27. The number of nitrogens with zero attached hydrogens (tertiary/aromatic N) is 1. The van der Waals surface area contributed by atoms with Gasteiger partial charge < -0.3 is 16.0 Å². The molecule has 0 aliphatic carbocycles. The lowest BCUT2D eigenvalue weighted by Crippen LogP contribution is -2.22. The summed E-state index contributed by atoms with van der Waals surface area (Å²) in [5, 5.41) is 2.41. The molecule has 0 fully saturated rings. The topological polar surface area (TPSA) is 75.4 Å². The summed E-state index contributed by atoms with van der Waals surface area (Å²) in [5.74, 6) is -0.0828. The van der Waals surface area contributed by atoms with Crippen molar-refractivity contribution in [2.75, 3.05) is 19.4 Å². The zero-order valence-electron chi connectivity index (χ0n) is 8.65. The van der Waals surface area contributed by atoms with E-state index in [2.05, 4.69) is 5.32 Å². The quantitative estimate of drug-likeness (QED) is 0.755. The highest BCUT2D eigenvalue weighted by atomic mass is 16.2. The van der Waals surface area contributed by atoms with Gasteiger partial charge in [-0.05, 0) is 24.3 Å². The summed E-state index contributed by atoms with van der Waals surface area (Å²) in [6, 6.07) is 5.89. The van der Waals surface area contributed by atoms with Crippen LogP contribution < -0.4 is 11.1 Å². The molecule has 1 rings (SSSR count). The van der Waals surface area contributed by atoms with E-state index in [-0.39, 0.29) is 5.91 Å². The SMILES string of the molecule is CN(C)C(=O)c1ccc(NC(N)=O)cc1. The van der Waals surface area contributed by atoms with Gasteiger partial charge in [0.2, 0.25) is 0 Å². The lowest BCUT2D eigenvalue weighted by Gasteiger charge is -2.10. The molecule has 3 amide bonds. The molecule has 0 radical (unpaired) electrons. The Hall–Kier alpha value is -2.04. The molecule has 15 heavy (non-hydrogen) atoms. The first-order valence-electron chi connectivity index (χ1n) is 4.39. The first-order chi connectivity index (χ1) is 7.00. The number of nitrogens with two attached hydrogens (primary N) is 1. The molecule has 1 aromatic rings. The monoisotopic (exact) mass is 207 g/mol. The standard InChI is InChI=1S/C10H13N3O2/c1-13(2)9(14)7-3-5-8(6-4-7)12-10(11)15/h3-6H,1-2H3,(H3,11,12,15). The van der Waals surface area contributed by atoms with Crippen molar-refractivity contribution < 1.29 is 9.59 Å². The lowest BCUT2D eigenvalue weighted by atomic mass is 10.2. The summed E-state index contributed by atoms with van der Waals surface area (Å²) in [5.41, 5.74) is 6.08. The molecular formula is C10H13N3O2. The second-order valence-electron chi connectivity index (χ2n) is 3.27. The minimum absolute atomic E-state index is 0.0828. The minimum Gasteiger partial charge on any atom is -0.351 e. The predicted octanol–water partition coefficient (Wildman–Crippen LogP) is 0.879. The zero-order chi connectivity index (χ0) is 11.4. The van der Waals surface area contributed by atoms with Crippen LogP contribution in [-0.4, -0.2) is 30.9 Å². The number of hydrogen-bond acceptors (Lipinski definition) is 2. The Labute approximate surface area is 87.9 Å². The summed E-state index contributed by atoms with van der Waals surface area (Å²) >= 11 is 0. The van der Waals surface area contributed by atoms with Crippen LogP contribution in [0.3, 0.4) is 0 Å². The zero-order valence-corrected chi connectivity index (χ0v) is 8.65. The molecule has 0 spiro atoms. The van der Waals surface area contributed by atoms with E-state index in [1.54, 1.807) is 38.4 Å². The first kappa shape index (κ1) is 11.0. The minimum atomic E-state index is -0.623. The van der Waals surface area contributed by atoms with E-state index in [9.17, 15) is 9.59 Å². The smallest absolute Gasteiger partial charge is 0.316 e. The van der Waals surface area contributed by atoms with Crippen molar-refractivity contribution in [3.05, 3.63) is 29.8 Å². The van der Waals surface area contributed by atoms with E-state index in [1.165, 1.54) is 4.90 Å². The number of benzene rings is 1. The van der Waals surface area contributed by atoms with Gasteiger partial charge in [0.1, 0.15) is 0 Å². The molecule has 3 N–H and O–H groups in total. The number of carbonyl (C=O) groups excluding carboxylic acids is 2. The van der Waals surface area contributed by atoms with Gasteiger partial charge in [0.15, 0.2) is 0 Å². The van der Waals surface area contributed by atoms with Crippen LogP contribution in [0, 0.1) is 0 Å². The maximum Gasteiger partial charge on any atom is 0.316 e. The van der Waals surface area contributed by atoms with Crippen LogP contribution >= 0.6 is 0 Å². The maximum absolute atomic E-state index is 11.5. The van der Waals surface area contributed by atoms with Gasteiger partial charge in [-0.25, -0.2) is 4.79 Å². The molecule has 0 saturated heterocycles. The van der Waals surface area contributed by atoms with E-state index < -0.39 is 6.03 Å². The molecular weight excluding hydrogens is 194 g/mol. The Morgan fingerprint density at radius 3 is 2.13 bits per heavy atom. The van der Waals surface area contributed by atoms with Crippen LogP contribution in [0.2, 0.25) is 0 Å². The van der Waals surface area contributed by atoms with Gasteiger partial charge in [-0.3, -0.25) is 4.79 Å². The molecule has 0 aliphatic rings. The van der Waals surface area contributed by atoms with Crippen molar-refractivity contribution in [3.8, 4) is 0 Å². The van der Waals surface area contributed by atoms with Crippen LogP contribution in [0.4, 0.5) is 10.5 Å². The molecule has 80 valence electrons. The van der Waals surface area contributed by atoms with Crippen LogP contribution in [0.5, 0.6) is 0 Å². The number of anilines is 1. The Morgan fingerprint density at radius 1 is 1.20 bits per heavy atom. The summed E-state index contributed by atoms with van der Waals surface area (Å²) in [7, 11) is 3.36. The van der Waals surface area contributed by atoms with Crippen molar-refractivity contribution in [1.29, 1.82) is 0 Å². The largest absolute Gasteiger partial charge is 0.351 e. The van der Waals surface area contributed by atoms with Gasteiger partial charge in [-0.1, -0.05) is 0 Å². The molecule has 0 heterocycles. The van der Waals surface area contributed by atoms with Gasteiger partial charge >= 0.3 is 6.03 Å². The number of carbonyl (C=O) groups is 2. The number of rotatable bonds is 2. The lowest BCUT2D eigenvalue weighted by molar-refractivity contribution is 0.0827. The summed E-state index contributed by atoms with van der Waals surface area (Å²) < 4.78 is 0. The van der Waals surface area contributed by atoms with Gasteiger partial charge in [-0.2, -0.15) is 0 Å². The Balaban J connectivity index is 2.81. The summed E-state index contributed by atoms with van der Waals surface area (Å²) in [4.78, 5) is 23.5. The Kier molecular flexibility index (Phi) is 3.28. The van der Waals surface area contributed by atoms with Crippen molar-refractivity contribution in [1.82, 2.24) is 4.90 Å². The molecule has 0 aliphatic heterocycles. The maximum atomic E-state index is 11.5. The molecule has 5 nitrogen and oxygen atoms in total. The highest BCUT2D eigenvalue weighted by Crippen LogP contribution is 2.10. The second kappa shape index (κ2) is 4.45. The highest BCUT2D eigenvalue weighted by molar-refractivity contribution is 5.95. The molecule has 0 atom stereocenters. The number of hydrogen-bond donors (Lipinski definition) is 2. The molecule has 5 heteroatoms. The van der Waals surface area contributed by atoms with E-state index >= 15 is 0 Å². The van der Waals surface area contributed by atoms with Crippen molar-refractivity contribution >= 4 is 17.6 Å². The number of amides is 3. The molecule has 1 aromatic carbocycles. The van der Waals surface area contributed by atoms with E-state index in [0.29, 0.717) is 11.3 Å². The Bertz CT molecular complexity index is 371. The van der Waals surface area contributed by atoms with Crippen molar-refractivity contribution in [3.63, 3.8) is 0 Å².